The Balaban J connectivity index is 1.66. The lowest BCUT2D eigenvalue weighted by atomic mass is 9.88. The van der Waals surface area contributed by atoms with Crippen LogP contribution in [0.3, 0.4) is 0 Å². The summed E-state index contributed by atoms with van der Waals surface area (Å²) in [6.45, 7) is 1.02. The highest BCUT2D eigenvalue weighted by molar-refractivity contribution is 9.10. The minimum atomic E-state index is -0.640. The fourth-order valence-electron chi connectivity index (χ4n) is 3.66. The van der Waals surface area contributed by atoms with Crippen molar-refractivity contribution in [2.24, 2.45) is 5.92 Å². The number of halogens is 1. The Morgan fingerprint density at radius 3 is 2.63 bits per heavy atom. The fourth-order valence-corrected chi connectivity index (χ4v) is 5.15. The molecule has 1 aromatic heterocycles. The van der Waals surface area contributed by atoms with Crippen LogP contribution in [0.15, 0.2) is 15.9 Å². The maximum atomic E-state index is 10.9. The number of rotatable bonds is 4. The van der Waals surface area contributed by atoms with Gasteiger partial charge in [-0.05, 0) is 59.0 Å². The van der Waals surface area contributed by atoms with E-state index in [9.17, 15) is 4.79 Å². The van der Waals surface area contributed by atoms with Crippen LogP contribution in [0.25, 0.3) is 0 Å². The molecule has 0 amide bonds. The predicted molar refractivity (Wildman–Crippen MR) is 79.3 cm³/mol. The van der Waals surface area contributed by atoms with Gasteiger partial charge in [0.25, 0.3) is 0 Å². The summed E-state index contributed by atoms with van der Waals surface area (Å²) in [5.41, 5.74) is 0. The van der Waals surface area contributed by atoms with Crippen LogP contribution in [-0.4, -0.2) is 28.1 Å². The van der Waals surface area contributed by atoms with Crippen LogP contribution in [0.1, 0.15) is 37.0 Å². The van der Waals surface area contributed by atoms with E-state index >= 15 is 0 Å². The Hall–Kier alpha value is -0.390. The molecule has 1 aromatic rings. The van der Waals surface area contributed by atoms with Crippen LogP contribution in [0.2, 0.25) is 0 Å². The first kappa shape index (κ1) is 13.6. The largest absolute Gasteiger partial charge is 0.481 e. The SMILES string of the molecule is O=C(O)CC1CC2CCC(C1)N2Cc1sccc1Br. The summed E-state index contributed by atoms with van der Waals surface area (Å²) in [6.07, 6.45) is 4.95. The second-order valence-corrected chi connectivity index (χ2v) is 7.54. The van der Waals surface area contributed by atoms with Gasteiger partial charge in [0, 0.05) is 34.4 Å². The summed E-state index contributed by atoms with van der Waals surface area (Å²) in [6, 6.07) is 3.30. The third kappa shape index (κ3) is 2.88. The van der Waals surface area contributed by atoms with E-state index in [0.717, 1.165) is 19.4 Å². The molecular weight excluding hydrogens is 326 g/mol. The Kier molecular flexibility index (Phi) is 3.96. The molecular formula is C14H18BrNO2S. The number of nitrogens with zero attached hydrogens (tertiary/aromatic N) is 1. The Labute approximate surface area is 125 Å². The van der Waals surface area contributed by atoms with Gasteiger partial charge in [0.05, 0.1) is 0 Å². The number of carbonyl (C=O) groups is 1. The molecule has 2 saturated heterocycles. The van der Waals surface area contributed by atoms with Crippen LogP contribution in [0, 0.1) is 5.92 Å². The first-order valence-electron chi connectivity index (χ1n) is 6.83. The molecule has 2 unspecified atom stereocenters. The number of carboxylic acid groups (broad SMARTS) is 1. The molecule has 1 N–H and O–H groups in total. The Morgan fingerprint density at radius 2 is 2.11 bits per heavy atom. The molecule has 2 bridgehead atoms. The highest BCUT2D eigenvalue weighted by Crippen LogP contribution is 2.41. The topological polar surface area (TPSA) is 40.5 Å². The van der Waals surface area contributed by atoms with Gasteiger partial charge in [0.2, 0.25) is 0 Å². The van der Waals surface area contributed by atoms with Gasteiger partial charge in [-0.1, -0.05) is 0 Å². The van der Waals surface area contributed by atoms with Gasteiger partial charge in [-0.15, -0.1) is 11.3 Å². The van der Waals surface area contributed by atoms with E-state index in [4.69, 9.17) is 5.11 Å². The Bertz CT molecular complexity index is 462. The van der Waals surface area contributed by atoms with Gasteiger partial charge < -0.3 is 5.11 Å². The minimum Gasteiger partial charge on any atom is -0.481 e. The molecule has 19 heavy (non-hydrogen) atoms. The third-order valence-corrected chi connectivity index (χ3v) is 6.37. The molecule has 3 heterocycles. The number of hydrogen-bond acceptors (Lipinski definition) is 3. The molecule has 3 rings (SSSR count). The van der Waals surface area contributed by atoms with Crippen molar-refractivity contribution < 1.29 is 9.90 Å². The van der Waals surface area contributed by atoms with Gasteiger partial charge in [0.1, 0.15) is 0 Å². The van der Waals surface area contributed by atoms with Gasteiger partial charge >= 0.3 is 5.97 Å². The quantitative estimate of drug-likeness (QED) is 0.905. The van der Waals surface area contributed by atoms with Crippen LogP contribution in [0.5, 0.6) is 0 Å². The van der Waals surface area contributed by atoms with Gasteiger partial charge in [-0.3, -0.25) is 9.69 Å². The summed E-state index contributed by atoms with van der Waals surface area (Å²) in [5.74, 6) is -0.253. The average molecular weight is 344 g/mol. The van der Waals surface area contributed by atoms with Crippen molar-refractivity contribution in [3.8, 4) is 0 Å². The highest BCUT2D eigenvalue weighted by Gasteiger charge is 2.41. The van der Waals surface area contributed by atoms with Crippen molar-refractivity contribution in [1.82, 2.24) is 4.90 Å². The second kappa shape index (κ2) is 5.54. The summed E-state index contributed by atoms with van der Waals surface area (Å²) >= 11 is 5.41. The molecule has 104 valence electrons. The molecule has 0 spiro atoms. The van der Waals surface area contributed by atoms with Crippen molar-refractivity contribution >= 4 is 33.2 Å². The van der Waals surface area contributed by atoms with E-state index in [-0.39, 0.29) is 0 Å². The Morgan fingerprint density at radius 1 is 1.42 bits per heavy atom. The minimum absolute atomic E-state index is 0.351. The zero-order chi connectivity index (χ0) is 13.4. The van der Waals surface area contributed by atoms with E-state index < -0.39 is 5.97 Å². The normalized spacial score (nSPS) is 30.7. The van der Waals surface area contributed by atoms with E-state index in [1.807, 2.05) is 0 Å². The number of hydrogen-bond donors (Lipinski definition) is 1. The zero-order valence-corrected chi connectivity index (χ0v) is 13.1. The first-order chi connectivity index (χ1) is 9.13. The maximum absolute atomic E-state index is 10.9. The summed E-state index contributed by atoms with van der Waals surface area (Å²) < 4.78 is 1.21. The lowest BCUT2D eigenvalue weighted by molar-refractivity contribution is -0.138. The molecule has 3 nitrogen and oxygen atoms in total. The van der Waals surface area contributed by atoms with Crippen molar-refractivity contribution in [1.29, 1.82) is 0 Å². The van der Waals surface area contributed by atoms with Crippen LogP contribution in [0.4, 0.5) is 0 Å². The van der Waals surface area contributed by atoms with Gasteiger partial charge in [-0.2, -0.15) is 0 Å². The number of carboxylic acids is 1. The molecule has 0 saturated carbocycles. The second-order valence-electron chi connectivity index (χ2n) is 5.68. The number of piperidine rings is 1. The summed E-state index contributed by atoms with van der Waals surface area (Å²) in [4.78, 5) is 14.9. The number of thiophene rings is 1. The molecule has 2 aliphatic rings. The zero-order valence-electron chi connectivity index (χ0n) is 10.7. The van der Waals surface area contributed by atoms with Gasteiger partial charge in [0.15, 0.2) is 0 Å². The maximum Gasteiger partial charge on any atom is 0.303 e. The molecule has 0 radical (unpaired) electrons. The summed E-state index contributed by atoms with van der Waals surface area (Å²) in [5, 5.41) is 11.1. The molecule has 0 aromatic carbocycles. The third-order valence-electron chi connectivity index (χ3n) is 4.46. The lowest BCUT2D eigenvalue weighted by Gasteiger charge is -2.38. The number of aliphatic carboxylic acids is 1. The molecule has 2 fully saturated rings. The first-order valence-corrected chi connectivity index (χ1v) is 8.50. The van der Waals surface area contributed by atoms with Crippen LogP contribution >= 0.6 is 27.3 Å². The van der Waals surface area contributed by atoms with Crippen molar-refractivity contribution in [3.05, 3.63) is 20.8 Å². The number of fused-ring (bicyclic) bond motifs is 2. The smallest absolute Gasteiger partial charge is 0.303 e. The molecule has 0 aliphatic carbocycles. The standard InChI is InChI=1S/C14H18BrNO2S/c15-12-3-4-19-13(12)8-16-10-1-2-11(16)6-9(5-10)7-14(17)18/h3-4,9-11H,1-2,5-8H2,(H,17,18). The van der Waals surface area contributed by atoms with E-state index in [1.165, 1.54) is 22.2 Å². The lowest BCUT2D eigenvalue weighted by Crippen LogP contribution is -2.42. The van der Waals surface area contributed by atoms with Crippen LogP contribution < -0.4 is 0 Å². The van der Waals surface area contributed by atoms with E-state index in [0.29, 0.717) is 24.4 Å². The summed E-state index contributed by atoms with van der Waals surface area (Å²) in [7, 11) is 0. The van der Waals surface area contributed by atoms with Crippen molar-refractivity contribution in [2.75, 3.05) is 0 Å². The molecule has 5 heteroatoms. The molecule has 2 aliphatic heterocycles. The van der Waals surface area contributed by atoms with Crippen molar-refractivity contribution in [2.45, 2.75) is 50.7 Å². The predicted octanol–water partition coefficient (Wildman–Crippen LogP) is 3.73. The average Bonchev–Trinajstić information content (AvgIpc) is 2.83. The fraction of sp³-hybridized carbons (Fsp3) is 0.643. The van der Waals surface area contributed by atoms with Crippen molar-refractivity contribution in [3.63, 3.8) is 0 Å². The van der Waals surface area contributed by atoms with E-state index in [2.05, 4.69) is 32.3 Å². The van der Waals surface area contributed by atoms with E-state index in [1.54, 1.807) is 11.3 Å². The highest BCUT2D eigenvalue weighted by atomic mass is 79.9. The van der Waals surface area contributed by atoms with Crippen LogP contribution in [-0.2, 0) is 11.3 Å². The van der Waals surface area contributed by atoms with Gasteiger partial charge in [-0.25, -0.2) is 0 Å². The monoisotopic (exact) mass is 343 g/mol. The molecule has 2 atom stereocenters.